The minimum absolute atomic E-state index is 0.0389. The summed E-state index contributed by atoms with van der Waals surface area (Å²) >= 11 is 0. The van der Waals surface area contributed by atoms with Crippen molar-refractivity contribution in [3.63, 3.8) is 0 Å². The molecule has 3 rings (SSSR count). The maximum absolute atomic E-state index is 12.3. The smallest absolute Gasteiger partial charge is 0.489 e. The fourth-order valence-corrected chi connectivity index (χ4v) is 3.97. The van der Waals surface area contributed by atoms with E-state index in [0.717, 1.165) is 12.8 Å². The number of alkyl halides is 4. The van der Waals surface area contributed by atoms with E-state index in [4.69, 9.17) is 19.4 Å². The maximum Gasteiger partial charge on any atom is 0.490 e. The molecule has 2 atom stereocenters. The highest BCUT2D eigenvalue weighted by Crippen LogP contribution is 2.30. The Morgan fingerprint density at radius 2 is 1.85 bits per heavy atom. The van der Waals surface area contributed by atoms with Crippen molar-refractivity contribution >= 4 is 18.0 Å². The summed E-state index contributed by atoms with van der Waals surface area (Å²) in [6.45, 7) is 1.78. The van der Waals surface area contributed by atoms with Gasteiger partial charge in [0.25, 0.3) is 0 Å². The highest BCUT2D eigenvalue weighted by atomic mass is 19.4. The molecule has 2 aromatic rings. The zero-order valence-corrected chi connectivity index (χ0v) is 22.9. The number of hydrogen-bond donors (Lipinski definition) is 2. The first-order valence-corrected chi connectivity index (χ1v) is 12.7. The summed E-state index contributed by atoms with van der Waals surface area (Å²) < 4.78 is 57.0. The number of pyridine rings is 1. The molecule has 0 radical (unpaired) electrons. The minimum Gasteiger partial charge on any atom is -0.489 e. The molecule has 2 aromatic heterocycles. The largest absolute Gasteiger partial charge is 0.490 e. The number of nitrogens with zero attached hydrogens (tertiary/aromatic N) is 5. The number of aromatic nitrogens is 4. The summed E-state index contributed by atoms with van der Waals surface area (Å²) in [4.78, 5) is 38.5. The summed E-state index contributed by atoms with van der Waals surface area (Å²) in [7, 11) is 3.31. The number of hydrogen-bond acceptors (Lipinski definition) is 8. The number of halogens is 4. The molecule has 2 heterocycles. The molecule has 0 spiro atoms. The van der Waals surface area contributed by atoms with Crippen LogP contribution in [0.5, 0.6) is 5.75 Å². The molecular formula is C25H33F4N5O7. The molecule has 12 nitrogen and oxygen atoms in total. The molecule has 0 bridgehead atoms. The third kappa shape index (κ3) is 10.2. The molecule has 41 heavy (non-hydrogen) atoms. The van der Waals surface area contributed by atoms with Crippen LogP contribution in [0.2, 0.25) is 0 Å². The monoisotopic (exact) mass is 591 g/mol. The molecule has 1 aliphatic rings. The zero-order valence-electron chi connectivity index (χ0n) is 22.9. The van der Waals surface area contributed by atoms with Crippen molar-refractivity contribution in [3.8, 4) is 17.1 Å². The number of carboxylic acids is 2. The van der Waals surface area contributed by atoms with Crippen LogP contribution in [-0.4, -0.2) is 85.7 Å². The Balaban J connectivity index is 0.000000745. The van der Waals surface area contributed by atoms with E-state index in [1.54, 1.807) is 26.2 Å². The number of amides is 1. The normalized spacial score (nSPS) is 16.8. The second kappa shape index (κ2) is 15.1. The highest BCUT2D eigenvalue weighted by Gasteiger charge is 2.38. The molecule has 0 aliphatic heterocycles. The predicted molar refractivity (Wildman–Crippen MR) is 135 cm³/mol. The molecule has 16 heteroatoms. The lowest BCUT2D eigenvalue weighted by Gasteiger charge is -2.27. The summed E-state index contributed by atoms with van der Waals surface area (Å²) in [6.07, 6.45) is -1.99. The van der Waals surface area contributed by atoms with Gasteiger partial charge in [-0.1, -0.05) is 5.21 Å². The van der Waals surface area contributed by atoms with Gasteiger partial charge < -0.3 is 24.6 Å². The number of unbranched alkanes of at least 4 members (excludes halogenated alkanes) is 1. The van der Waals surface area contributed by atoms with Crippen LogP contribution in [0, 0.1) is 12.8 Å². The number of carbonyl (C=O) groups is 3. The van der Waals surface area contributed by atoms with Gasteiger partial charge >= 0.3 is 24.2 Å². The van der Waals surface area contributed by atoms with Crippen LogP contribution in [0.25, 0.3) is 11.4 Å². The minimum atomic E-state index is -5.08. The van der Waals surface area contributed by atoms with Gasteiger partial charge in [0.1, 0.15) is 23.7 Å². The fraction of sp³-hybridized carbons (Fsp3) is 0.600. The van der Waals surface area contributed by atoms with E-state index in [1.807, 2.05) is 6.92 Å². The Morgan fingerprint density at radius 1 is 1.17 bits per heavy atom. The van der Waals surface area contributed by atoms with Crippen molar-refractivity contribution in [2.45, 2.75) is 64.3 Å². The van der Waals surface area contributed by atoms with Crippen molar-refractivity contribution in [1.82, 2.24) is 24.9 Å². The van der Waals surface area contributed by atoms with Gasteiger partial charge in [0, 0.05) is 20.6 Å². The lowest BCUT2D eigenvalue weighted by atomic mass is 9.87. The van der Waals surface area contributed by atoms with E-state index in [9.17, 15) is 32.3 Å². The second-order valence-corrected chi connectivity index (χ2v) is 9.41. The maximum atomic E-state index is 12.3. The van der Waals surface area contributed by atoms with Gasteiger partial charge in [-0.3, -0.25) is 9.18 Å². The van der Waals surface area contributed by atoms with Gasteiger partial charge in [-0.25, -0.2) is 19.3 Å². The van der Waals surface area contributed by atoms with Crippen LogP contribution >= 0.6 is 0 Å². The number of carboxylic acid groups (broad SMARTS) is 2. The molecule has 0 unspecified atom stereocenters. The first-order chi connectivity index (χ1) is 19.2. The predicted octanol–water partition coefficient (Wildman–Crippen LogP) is 4.16. The Kier molecular flexibility index (Phi) is 12.3. The average molecular weight is 592 g/mol. The van der Waals surface area contributed by atoms with E-state index in [0.29, 0.717) is 60.8 Å². The SMILES string of the molecule is Cc1nc(-c2nnn(C)c2COC(=O)N(C)CCCCF)ccc1O[C@H]1CCC[C@H](C(=O)O)C1.O=C(O)C(F)(F)F. The quantitative estimate of drug-likeness (QED) is 0.304. The number of rotatable bonds is 10. The second-order valence-electron chi connectivity index (χ2n) is 9.41. The van der Waals surface area contributed by atoms with Gasteiger partial charge in [-0.2, -0.15) is 13.2 Å². The number of aryl methyl sites for hydroxylation is 2. The molecule has 1 aliphatic carbocycles. The van der Waals surface area contributed by atoms with Crippen LogP contribution < -0.4 is 4.74 Å². The standard InChI is InChI=1S/C23H32FN5O5.C2HF3O2/c1-15-20(34-17-8-6-7-16(13-17)22(30)31)10-9-18(25-15)21-19(29(3)27-26-21)14-33-23(32)28(2)12-5-4-11-24;3-2(4,5)1(6)7/h9-10,16-17H,4-8,11-14H2,1-3H3,(H,30,31);(H,6,7)/t16-,17-;/m0./s1. The third-order valence-electron chi connectivity index (χ3n) is 6.26. The van der Waals surface area contributed by atoms with Crippen LogP contribution in [0.3, 0.4) is 0 Å². The molecule has 2 N–H and O–H groups in total. The Labute approximate surface area is 233 Å². The van der Waals surface area contributed by atoms with Crippen molar-refractivity contribution in [2.75, 3.05) is 20.3 Å². The van der Waals surface area contributed by atoms with Crippen molar-refractivity contribution < 1.29 is 51.6 Å². The number of ether oxygens (including phenoxy) is 2. The van der Waals surface area contributed by atoms with E-state index < -0.39 is 30.9 Å². The van der Waals surface area contributed by atoms with Crippen molar-refractivity contribution in [3.05, 3.63) is 23.5 Å². The van der Waals surface area contributed by atoms with Crippen LogP contribution in [0.4, 0.5) is 22.4 Å². The summed E-state index contributed by atoms with van der Waals surface area (Å²) in [6, 6.07) is 3.56. The summed E-state index contributed by atoms with van der Waals surface area (Å²) in [5.41, 5.74) is 2.29. The average Bonchev–Trinajstić information content (AvgIpc) is 3.28. The Hall–Kier alpha value is -3.98. The summed E-state index contributed by atoms with van der Waals surface area (Å²) in [5, 5.41) is 24.6. The molecule has 1 saturated carbocycles. The lowest BCUT2D eigenvalue weighted by Crippen LogP contribution is -2.29. The molecule has 1 fully saturated rings. The van der Waals surface area contributed by atoms with Gasteiger partial charge in [-0.15, -0.1) is 5.10 Å². The van der Waals surface area contributed by atoms with E-state index in [2.05, 4.69) is 15.3 Å². The molecule has 228 valence electrons. The summed E-state index contributed by atoms with van der Waals surface area (Å²) in [5.74, 6) is -3.31. The van der Waals surface area contributed by atoms with Crippen LogP contribution in [-0.2, 0) is 28.0 Å². The lowest BCUT2D eigenvalue weighted by molar-refractivity contribution is -0.192. The number of aliphatic carboxylic acids is 2. The first kappa shape index (κ1) is 33.2. The highest BCUT2D eigenvalue weighted by molar-refractivity contribution is 5.73. The van der Waals surface area contributed by atoms with Crippen molar-refractivity contribution in [1.29, 1.82) is 0 Å². The van der Waals surface area contributed by atoms with E-state index in [-0.39, 0.29) is 18.6 Å². The molecular weight excluding hydrogens is 558 g/mol. The number of carbonyl (C=O) groups excluding carboxylic acids is 1. The molecule has 0 aromatic carbocycles. The van der Waals surface area contributed by atoms with Crippen LogP contribution in [0.15, 0.2) is 12.1 Å². The fourth-order valence-electron chi connectivity index (χ4n) is 3.97. The first-order valence-electron chi connectivity index (χ1n) is 12.7. The topological polar surface area (TPSA) is 157 Å². The molecule has 1 amide bonds. The van der Waals surface area contributed by atoms with Gasteiger partial charge in [0.15, 0.2) is 0 Å². The van der Waals surface area contributed by atoms with E-state index >= 15 is 0 Å². The third-order valence-corrected chi connectivity index (χ3v) is 6.26. The molecule has 0 saturated heterocycles. The Morgan fingerprint density at radius 3 is 2.44 bits per heavy atom. The van der Waals surface area contributed by atoms with E-state index in [1.165, 1.54) is 9.58 Å². The van der Waals surface area contributed by atoms with Crippen LogP contribution in [0.1, 0.15) is 49.9 Å². The Bertz CT molecular complexity index is 1190. The van der Waals surface area contributed by atoms with Crippen molar-refractivity contribution in [2.24, 2.45) is 13.0 Å². The van der Waals surface area contributed by atoms with Gasteiger partial charge in [0.05, 0.1) is 30.1 Å². The van der Waals surface area contributed by atoms with Gasteiger partial charge in [-0.05, 0) is 57.6 Å². The zero-order chi connectivity index (χ0) is 30.7. The van der Waals surface area contributed by atoms with Gasteiger partial charge in [0.2, 0.25) is 0 Å².